The first-order chi connectivity index (χ1) is 12.9. The summed E-state index contributed by atoms with van der Waals surface area (Å²) in [6.45, 7) is 1.67. The summed E-state index contributed by atoms with van der Waals surface area (Å²) in [6.07, 6.45) is 0. The van der Waals surface area contributed by atoms with E-state index in [0.717, 1.165) is 0 Å². The quantitative estimate of drug-likeness (QED) is 0.449. The fraction of sp³-hybridized carbons (Fsp3) is 0.167. The Kier molecular flexibility index (Phi) is 7.04. The van der Waals surface area contributed by atoms with Crippen molar-refractivity contribution in [2.45, 2.75) is 6.92 Å². The van der Waals surface area contributed by atoms with E-state index < -0.39 is 11.8 Å². The van der Waals surface area contributed by atoms with Gasteiger partial charge in [-0.3, -0.25) is 9.59 Å². The van der Waals surface area contributed by atoms with Crippen LogP contribution in [0.3, 0.4) is 0 Å². The molecular formula is C18H17Cl2N3O4. The van der Waals surface area contributed by atoms with E-state index in [-0.39, 0.29) is 15.7 Å². The molecule has 0 fully saturated rings. The molecule has 0 bridgehead atoms. The van der Waals surface area contributed by atoms with Crippen molar-refractivity contribution in [2.75, 3.05) is 19.5 Å². The van der Waals surface area contributed by atoms with Gasteiger partial charge < -0.3 is 14.8 Å². The number of hydrazone groups is 1. The number of carbonyl (C=O) groups is 2. The minimum Gasteiger partial charge on any atom is -0.493 e. The van der Waals surface area contributed by atoms with E-state index in [2.05, 4.69) is 15.8 Å². The van der Waals surface area contributed by atoms with E-state index in [1.54, 1.807) is 37.3 Å². The maximum absolute atomic E-state index is 12.0. The molecule has 0 saturated heterocycles. The van der Waals surface area contributed by atoms with E-state index in [0.29, 0.717) is 22.8 Å². The van der Waals surface area contributed by atoms with Crippen LogP contribution in [0.25, 0.3) is 0 Å². The van der Waals surface area contributed by atoms with E-state index in [1.165, 1.54) is 20.3 Å². The monoisotopic (exact) mass is 409 g/mol. The minimum atomic E-state index is -0.953. The van der Waals surface area contributed by atoms with Crippen LogP contribution in [0.15, 0.2) is 41.5 Å². The molecule has 2 aromatic carbocycles. The summed E-state index contributed by atoms with van der Waals surface area (Å²) in [4.78, 5) is 23.9. The molecule has 7 nitrogen and oxygen atoms in total. The molecule has 142 valence electrons. The largest absolute Gasteiger partial charge is 0.493 e. The molecule has 0 spiro atoms. The van der Waals surface area contributed by atoms with Crippen molar-refractivity contribution in [2.24, 2.45) is 5.10 Å². The Morgan fingerprint density at radius 3 is 2.37 bits per heavy atom. The van der Waals surface area contributed by atoms with E-state index >= 15 is 0 Å². The summed E-state index contributed by atoms with van der Waals surface area (Å²) in [5.74, 6) is -0.797. The van der Waals surface area contributed by atoms with Crippen LogP contribution < -0.4 is 20.2 Å². The average molecular weight is 410 g/mol. The molecule has 2 amide bonds. The third-order valence-electron chi connectivity index (χ3n) is 3.53. The number of rotatable bonds is 5. The molecule has 2 N–H and O–H groups in total. The van der Waals surface area contributed by atoms with Gasteiger partial charge in [-0.1, -0.05) is 29.3 Å². The molecule has 27 heavy (non-hydrogen) atoms. The van der Waals surface area contributed by atoms with Crippen LogP contribution in [0.5, 0.6) is 11.5 Å². The van der Waals surface area contributed by atoms with Gasteiger partial charge in [-0.2, -0.15) is 5.10 Å². The number of hydrogen-bond donors (Lipinski definition) is 2. The Labute approximate surface area is 166 Å². The van der Waals surface area contributed by atoms with Crippen LogP contribution in [-0.2, 0) is 9.59 Å². The van der Waals surface area contributed by atoms with Crippen LogP contribution in [0.1, 0.15) is 12.5 Å². The van der Waals surface area contributed by atoms with Gasteiger partial charge >= 0.3 is 11.8 Å². The van der Waals surface area contributed by atoms with Gasteiger partial charge in [0.05, 0.1) is 35.7 Å². The number of ether oxygens (including phenoxy) is 2. The highest BCUT2D eigenvalue weighted by Crippen LogP contribution is 2.29. The van der Waals surface area contributed by atoms with Gasteiger partial charge in [0, 0.05) is 5.56 Å². The Morgan fingerprint density at radius 1 is 1.00 bits per heavy atom. The normalized spacial score (nSPS) is 10.9. The second-order valence-corrected chi connectivity index (χ2v) is 6.05. The Morgan fingerprint density at radius 2 is 1.70 bits per heavy atom. The average Bonchev–Trinajstić information content (AvgIpc) is 2.68. The summed E-state index contributed by atoms with van der Waals surface area (Å²) in [5, 5.41) is 6.71. The summed E-state index contributed by atoms with van der Waals surface area (Å²) in [7, 11) is 3.05. The zero-order valence-corrected chi connectivity index (χ0v) is 16.3. The number of amides is 2. The molecular weight excluding hydrogens is 393 g/mol. The number of nitrogens with zero attached hydrogens (tertiary/aromatic N) is 1. The van der Waals surface area contributed by atoms with Crippen molar-refractivity contribution in [3.05, 3.63) is 52.0 Å². The van der Waals surface area contributed by atoms with E-state index in [9.17, 15) is 9.59 Å². The number of halogens is 2. The highest BCUT2D eigenvalue weighted by molar-refractivity contribution is 6.45. The van der Waals surface area contributed by atoms with Crippen LogP contribution in [0.4, 0.5) is 5.69 Å². The lowest BCUT2D eigenvalue weighted by Gasteiger charge is -2.10. The fourth-order valence-electron chi connectivity index (χ4n) is 2.09. The number of carbonyl (C=O) groups excluding carboxylic acids is 2. The number of methoxy groups -OCH3 is 2. The zero-order chi connectivity index (χ0) is 20.0. The molecule has 0 aliphatic heterocycles. The maximum Gasteiger partial charge on any atom is 0.329 e. The molecule has 0 heterocycles. The lowest BCUT2D eigenvalue weighted by molar-refractivity contribution is -0.136. The van der Waals surface area contributed by atoms with Crippen molar-refractivity contribution >= 4 is 46.4 Å². The third kappa shape index (κ3) is 5.12. The SMILES string of the molecule is COc1ccc(/C(C)=N/NC(=O)C(=O)Nc2cccc(Cl)c2Cl)cc1OC. The highest BCUT2D eigenvalue weighted by atomic mass is 35.5. The summed E-state index contributed by atoms with van der Waals surface area (Å²) in [5.41, 5.74) is 3.57. The lowest BCUT2D eigenvalue weighted by atomic mass is 10.1. The molecule has 2 aromatic rings. The third-order valence-corrected chi connectivity index (χ3v) is 4.35. The van der Waals surface area contributed by atoms with Crippen LogP contribution in [-0.4, -0.2) is 31.7 Å². The maximum atomic E-state index is 12.0. The predicted molar refractivity (Wildman–Crippen MR) is 105 cm³/mol. The molecule has 0 saturated carbocycles. The molecule has 0 unspecified atom stereocenters. The number of nitrogens with one attached hydrogen (secondary N) is 2. The Balaban J connectivity index is 2.06. The van der Waals surface area contributed by atoms with Crippen molar-refractivity contribution in [3.63, 3.8) is 0 Å². The van der Waals surface area contributed by atoms with Gasteiger partial charge in [0.25, 0.3) is 0 Å². The second kappa shape index (κ2) is 9.25. The summed E-state index contributed by atoms with van der Waals surface area (Å²) >= 11 is 11.8. The molecule has 0 aliphatic rings. The van der Waals surface area contributed by atoms with Crippen molar-refractivity contribution < 1.29 is 19.1 Å². The Hall–Kier alpha value is -2.77. The van der Waals surface area contributed by atoms with Crippen LogP contribution in [0, 0.1) is 0 Å². The smallest absolute Gasteiger partial charge is 0.329 e. The van der Waals surface area contributed by atoms with Gasteiger partial charge in [0.2, 0.25) is 0 Å². The second-order valence-electron chi connectivity index (χ2n) is 5.26. The lowest BCUT2D eigenvalue weighted by Crippen LogP contribution is -2.33. The minimum absolute atomic E-state index is 0.144. The van der Waals surface area contributed by atoms with E-state index in [1.807, 2.05) is 0 Å². The first-order valence-electron chi connectivity index (χ1n) is 7.69. The summed E-state index contributed by atoms with van der Waals surface area (Å²) < 4.78 is 10.4. The fourth-order valence-corrected chi connectivity index (χ4v) is 2.44. The van der Waals surface area contributed by atoms with Crippen molar-refractivity contribution in [1.29, 1.82) is 0 Å². The standard InChI is InChI=1S/C18H17Cl2N3O4/c1-10(11-7-8-14(26-2)15(9-11)27-3)22-23-18(25)17(24)21-13-6-4-5-12(19)16(13)20/h4-9H,1-3H3,(H,21,24)(H,23,25)/b22-10+. The molecule has 0 atom stereocenters. The van der Waals surface area contributed by atoms with E-state index in [4.69, 9.17) is 32.7 Å². The molecule has 9 heteroatoms. The molecule has 0 aliphatic carbocycles. The molecule has 2 rings (SSSR count). The number of anilines is 1. The van der Waals surface area contributed by atoms with Gasteiger partial charge in [-0.15, -0.1) is 0 Å². The summed E-state index contributed by atoms with van der Waals surface area (Å²) in [6, 6.07) is 9.85. The van der Waals surface area contributed by atoms with Crippen molar-refractivity contribution in [3.8, 4) is 11.5 Å². The predicted octanol–water partition coefficient (Wildman–Crippen LogP) is 3.49. The number of benzene rings is 2. The van der Waals surface area contributed by atoms with Crippen LogP contribution >= 0.6 is 23.2 Å². The number of hydrogen-bond acceptors (Lipinski definition) is 5. The first kappa shape index (κ1) is 20.5. The topological polar surface area (TPSA) is 89.0 Å². The zero-order valence-electron chi connectivity index (χ0n) is 14.8. The van der Waals surface area contributed by atoms with Gasteiger partial charge in [0.1, 0.15) is 0 Å². The van der Waals surface area contributed by atoms with Gasteiger partial charge in [-0.05, 0) is 37.3 Å². The van der Waals surface area contributed by atoms with Gasteiger partial charge in [-0.25, -0.2) is 5.43 Å². The van der Waals surface area contributed by atoms with Gasteiger partial charge in [0.15, 0.2) is 11.5 Å². The molecule has 0 aromatic heterocycles. The first-order valence-corrected chi connectivity index (χ1v) is 8.45. The molecule has 0 radical (unpaired) electrons. The highest BCUT2D eigenvalue weighted by Gasteiger charge is 2.16. The van der Waals surface area contributed by atoms with Crippen LogP contribution in [0.2, 0.25) is 10.0 Å². The Bertz CT molecular complexity index is 900. The van der Waals surface area contributed by atoms with Crippen molar-refractivity contribution in [1.82, 2.24) is 5.43 Å².